The summed E-state index contributed by atoms with van der Waals surface area (Å²) >= 11 is 3.16. The molecule has 0 aliphatic heterocycles. The zero-order valence-corrected chi connectivity index (χ0v) is 13.4. The average molecular weight is 372 g/mol. The summed E-state index contributed by atoms with van der Waals surface area (Å²) < 4.78 is 32.8. The summed E-state index contributed by atoms with van der Waals surface area (Å²) in [5.41, 5.74) is 0.0877. The first-order chi connectivity index (χ1) is 8.75. The fourth-order valence-electron chi connectivity index (χ4n) is 1.33. The van der Waals surface area contributed by atoms with E-state index in [9.17, 15) is 13.2 Å². The molecular formula is C11H12BrClO5S. The standard InChI is InChI=1S/C11H12BrClO5S/c1-7(6-17-2)18-11(14)9-5-8(19(13,15)16)3-4-10(9)12/h3-5,7H,6H2,1-2H3. The second kappa shape index (κ2) is 6.69. The predicted molar refractivity (Wildman–Crippen MR) is 73.9 cm³/mol. The van der Waals surface area contributed by atoms with Crippen molar-refractivity contribution in [3.8, 4) is 0 Å². The summed E-state index contributed by atoms with van der Waals surface area (Å²) in [5, 5.41) is 0. The fraction of sp³-hybridized carbons (Fsp3) is 0.364. The van der Waals surface area contributed by atoms with Crippen molar-refractivity contribution in [2.75, 3.05) is 13.7 Å². The Balaban J connectivity index is 3.03. The summed E-state index contributed by atoms with van der Waals surface area (Å²) in [6, 6.07) is 3.88. The first kappa shape index (κ1) is 16.4. The molecule has 0 aliphatic carbocycles. The molecule has 1 atom stereocenters. The fourth-order valence-corrected chi connectivity index (χ4v) is 2.51. The average Bonchev–Trinajstić information content (AvgIpc) is 2.27. The lowest BCUT2D eigenvalue weighted by atomic mass is 10.2. The number of rotatable bonds is 5. The van der Waals surface area contributed by atoms with Gasteiger partial charge in [0.05, 0.1) is 17.1 Å². The third-order valence-corrected chi connectivity index (χ3v) is 4.19. The summed E-state index contributed by atoms with van der Waals surface area (Å²) in [6.07, 6.45) is -0.444. The lowest BCUT2D eigenvalue weighted by Gasteiger charge is -2.13. The number of benzene rings is 1. The molecule has 1 aromatic rings. The van der Waals surface area contributed by atoms with Crippen molar-refractivity contribution in [3.05, 3.63) is 28.2 Å². The first-order valence-corrected chi connectivity index (χ1v) is 8.30. The molecule has 1 rings (SSSR count). The second-order valence-electron chi connectivity index (χ2n) is 3.75. The van der Waals surface area contributed by atoms with Crippen LogP contribution >= 0.6 is 26.6 Å². The number of methoxy groups -OCH3 is 1. The highest BCUT2D eigenvalue weighted by molar-refractivity contribution is 9.10. The number of carbonyl (C=O) groups is 1. The number of halogens is 2. The molecule has 1 unspecified atom stereocenters. The molecule has 0 saturated heterocycles. The Labute approximate surface area is 124 Å². The van der Waals surface area contributed by atoms with E-state index in [1.54, 1.807) is 6.92 Å². The monoisotopic (exact) mass is 370 g/mol. The third-order valence-electron chi connectivity index (χ3n) is 2.15. The quantitative estimate of drug-likeness (QED) is 0.588. The maximum Gasteiger partial charge on any atom is 0.339 e. The SMILES string of the molecule is COCC(C)OC(=O)c1cc(S(=O)(=O)Cl)ccc1Br. The van der Waals surface area contributed by atoms with Crippen LogP contribution in [0.25, 0.3) is 0 Å². The van der Waals surface area contributed by atoms with Crippen LogP contribution in [0.4, 0.5) is 0 Å². The summed E-state index contributed by atoms with van der Waals surface area (Å²) in [7, 11) is 2.82. The van der Waals surface area contributed by atoms with Crippen molar-refractivity contribution < 1.29 is 22.7 Å². The Morgan fingerprint density at radius 3 is 2.63 bits per heavy atom. The van der Waals surface area contributed by atoms with E-state index in [4.69, 9.17) is 20.2 Å². The van der Waals surface area contributed by atoms with Gasteiger partial charge < -0.3 is 9.47 Å². The Morgan fingerprint density at radius 1 is 1.47 bits per heavy atom. The minimum atomic E-state index is -3.90. The Kier molecular flexibility index (Phi) is 5.79. The highest BCUT2D eigenvalue weighted by Crippen LogP contribution is 2.24. The van der Waals surface area contributed by atoms with Crippen LogP contribution in [0.3, 0.4) is 0 Å². The van der Waals surface area contributed by atoms with Crippen LogP contribution < -0.4 is 0 Å². The van der Waals surface area contributed by atoms with E-state index >= 15 is 0 Å². The lowest BCUT2D eigenvalue weighted by molar-refractivity contribution is 0.0119. The predicted octanol–water partition coefficient (Wildman–Crippen LogP) is 2.57. The molecule has 0 aliphatic rings. The van der Waals surface area contributed by atoms with Crippen LogP contribution in [0.2, 0.25) is 0 Å². The molecule has 5 nitrogen and oxygen atoms in total. The van der Waals surface area contributed by atoms with Gasteiger partial charge in [0.25, 0.3) is 9.05 Å². The molecule has 0 spiro atoms. The first-order valence-electron chi connectivity index (χ1n) is 5.20. The molecule has 0 heterocycles. The van der Waals surface area contributed by atoms with Gasteiger partial charge in [0.2, 0.25) is 0 Å². The van der Waals surface area contributed by atoms with Crippen LogP contribution in [-0.4, -0.2) is 34.2 Å². The van der Waals surface area contributed by atoms with Gasteiger partial charge in [-0.2, -0.15) is 0 Å². The van der Waals surface area contributed by atoms with Crippen molar-refractivity contribution in [2.45, 2.75) is 17.9 Å². The summed E-state index contributed by atoms with van der Waals surface area (Å²) in [4.78, 5) is 11.7. The molecule has 0 N–H and O–H groups in total. The molecule has 0 bridgehead atoms. The molecule has 1 aromatic carbocycles. The molecule has 106 valence electrons. The Bertz CT molecular complexity index is 572. The van der Waals surface area contributed by atoms with Gasteiger partial charge in [-0.1, -0.05) is 0 Å². The largest absolute Gasteiger partial charge is 0.457 e. The number of esters is 1. The van der Waals surface area contributed by atoms with Gasteiger partial charge in [-0.25, -0.2) is 13.2 Å². The topological polar surface area (TPSA) is 69.7 Å². The van der Waals surface area contributed by atoms with Crippen molar-refractivity contribution in [3.63, 3.8) is 0 Å². The highest BCUT2D eigenvalue weighted by atomic mass is 79.9. The van der Waals surface area contributed by atoms with Gasteiger partial charge in [-0.3, -0.25) is 0 Å². The van der Waals surface area contributed by atoms with Gasteiger partial charge >= 0.3 is 5.97 Å². The number of hydrogen-bond acceptors (Lipinski definition) is 5. The maximum atomic E-state index is 11.9. The molecule has 0 amide bonds. The molecule has 8 heteroatoms. The van der Waals surface area contributed by atoms with Crippen molar-refractivity contribution in [1.29, 1.82) is 0 Å². The van der Waals surface area contributed by atoms with Crippen LogP contribution in [0, 0.1) is 0 Å². The van der Waals surface area contributed by atoms with Gasteiger partial charge in [-0.05, 0) is 41.1 Å². The minimum Gasteiger partial charge on any atom is -0.457 e. The Morgan fingerprint density at radius 2 is 2.11 bits per heavy atom. The molecular weight excluding hydrogens is 360 g/mol. The van der Waals surface area contributed by atoms with Crippen molar-refractivity contribution in [1.82, 2.24) is 0 Å². The van der Waals surface area contributed by atoms with Gasteiger partial charge in [-0.15, -0.1) is 0 Å². The van der Waals surface area contributed by atoms with E-state index in [1.165, 1.54) is 19.2 Å². The lowest BCUT2D eigenvalue weighted by Crippen LogP contribution is -2.20. The van der Waals surface area contributed by atoms with E-state index in [0.29, 0.717) is 4.47 Å². The minimum absolute atomic E-state index is 0.0877. The Hall–Kier alpha value is -0.630. The maximum absolute atomic E-state index is 11.9. The van der Waals surface area contributed by atoms with Crippen molar-refractivity contribution >= 4 is 41.6 Å². The number of hydrogen-bond donors (Lipinski definition) is 0. The number of ether oxygens (including phenoxy) is 2. The highest BCUT2D eigenvalue weighted by Gasteiger charge is 2.19. The smallest absolute Gasteiger partial charge is 0.339 e. The van der Waals surface area contributed by atoms with Gasteiger partial charge in [0.15, 0.2) is 0 Å². The molecule has 0 aromatic heterocycles. The van der Waals surface area contributed by atoms with Crippen LogP contribution in [0.1, 0.15) is 17.3 Å². The van der Waals surface area contributed by atoms with Crippen LogP contribution in [0.5, 0.6) is 0 Å². The molecule has 0 radical (unpaired) electrons. The zero-order chi connectivity index (χ0) is 14.6. The molecule has 0 fully saturated rings. The zero-order valence-electron chi connectivity index (χ0n) is 10.2. The van der Waals surface area contributed by atoms with Crippen LogP contribution in [-0.2, 0) is 18.5 Å². The third kappa shape index (κ3) is 4.76. The van der Waals surface area contributed by atoms with E-state index < -0.39 is 21.1 Å². The molecule has 0 saturated carbocycles. The van der Waals surface area contributed by atoms with E-state index in [0.717, 1.165) is 6.07 Å². The molecule has 19 heavy (non-hydrogen) atoms. The summed E-state index contributed by atoms with van der Waals surface area (Å²) in [5.74, 6) is -0.654. The van der Waals surface area contributed by atoms with Gasteiger partial charge in [0.1, 0.15) is 6.10 Å². The second-order valence-corrected chi connectivity index (χ2v) is 7.17. The number of carbonyl (C=O) groups excluding carboxylic acids is 1. The van der Waals surface area contributed by atoms with Crippen molar-refractivity contribution in [2.24, 2.45) is 0 Å². The van der Waals surface area contributed by atoms with Crippen LogP contribution in [0.15, 0.2) is 27.6 Å². The van der Waals surface area contributed by atoms with E-state index in [2.05, 4.69) is 15.9 Å². The normalized spacial score (nSPS) is 13.1. The van der Waals surface area contributed by atoms with E-state index in [-0.39, 0.29) is 17.1 Å². The van der Waals surface area contributed by atoms with E-state index in [1.807, 2.05) is 0 Å². The summed E-state index contributed by atoms with van der Waals surface area (Å²) in [6.45, 7) is 1.91. The van der Waals surface area contributed by atoms with Gasteiger partial charge in [0, 0.05) is 22.3 Å².